The van der Waals surface area contributed by atoms with Crippen molar-refractivity contribution >= 4 is 51.7 Å². The number of halogens is 1. The van der Waals surface area contributed by atoms with Crippen molar-refractivity contribution < 1.29 is 61.9 Å². The molecule has 0 unspecified atom stereocenters. The van der Waals surface area contributed by atoms with Crippen LogP contribution in [-0.2, 0) is 70.0 Å². The first-order valence-electron chi connectivity index (χ1n) is 14.3. The molecule has 0 heterocycles. The molecule has 0 aromatic heterocycles. The number of carbonyl (C=O) groups is 6. The van der Waals surface area contributed by atoms with Crippen LogP contribution < -0.4 is 4.74 Å². The standard InChI is InChI=1S/C32H41BrO13/c1-20(2)31(38)42-11-7-9-23-13-25(33)14-24(10-8-12-43-32(39)21(3)4)30(23)46-19-22(17-44-28(36)15-26(34)40-5)18-45-29(37)16-27(35)41-6/h13-14,22H,1,3,7-12,15-19H2,2,4-6H3. The molecule has 0 radical (unpaired) electrons. The van der Waals surface area contributed by atoms with Crippen LogP contribution in [0.4, 0.5) is 0 Å². The van der Waals surface area contributed by atoms with Gasteiger partial charge in [0.15, 0.2) is 0 Å². The summed E-state index contributed by atoms with van der Waals surface area (Å²) in [4.78, 5) is 70.7. The largest absolute Gasteiger partial charge is 0.492 e. The Kier molecular flexibility index (Phi) is 18.6. The molecule has 13 nitrogen and oxygen atoms in total. The van der Waals surface area contributed by atoms with Gasteiger partial charge >= 0.3 is 35.8 Å². The second kappa shape index (κ2) is 21.5. The van der Waals surface area contributed by atoms with E-state index in [2.05, 4.69) is 38.6 Å². The predicted octanol–water partition coefficient (Wildman–Crippen LogP) is 3.76. The average Bonchev–Trinajstić information content (AvgIpc) is 3.00. The maximum absolute atomic E-state index is 12.1. The summed E-state index contributed by atoms with van der Waals surface area (Å²) in [5.41, 5.74) is 2.09. The van der Waals surface area contributed by atoms with Crippen molar-refractivity contribution in [2.75, 3.05) is 47.3 Å². The highest BCUT2D eigenvalue weighted by Crippen LogP contribution is 2.31. The maximum Gasteiger partial charge on any atom is 0.333 e. The molecular formula is C32H41BrO13. The first-order chi connectivity index (χ1) is 21.8. The van der Waals surface area contributed by atoms with E-state index in [0.717, 1.165) is 29.8 Å². The van der Waals surface area contributed by atoms with Gasteiger partial charge in [-0.15, -0.1) is 0 Å². The van der Waals surface area contributed by atoms with Crippen LogP contribution in [-0.4, -0.2) is 83.1 Å². The number of rotatable bonds is 21. The van der Waals surface area contributed by atoms with Gasteiger partial charge in [0.25, 0.3) is 0 Å². The predicted molar refractivity (Wildman–Crippen MR) is 166 cm³/mol. The third-order valence-corrected chi connectivity index (χ3v) is 6.47. The molecule has 254 valence electrons. The molecule has 0 saturated heterocycles. The minimum Gasteiger partial charge on any atom is -0.492 e. The van der Waals surface area contributed by atoms with Gasteiger partial charge in [-0.25, -0.2) is 9.59 Å². The lowest BCUT2D eigenvalue weighted by atomic mass is 10.0. The summed E-state index contributed by atoms with van der Waals surface area (Å²) in [6, 6.07) is 3.70. The smallest absolute Gasteiger partial charge is 0.333 e. The van der Waals surface area contributed by atoms with Crippen molar-refractivity contribution in [3.63, 3.8) is 0 Å². The van der Waals surface area contributed by atoms with Crippen LogP contribution in [0, 0.1) is 5.92 Å². The molecule has 1 aromatic rings. The van der Waals surface area contributed by atoms with Gasteiger partial charge in [-0.3, -0.25) is 19.2 Å². The van der Waals surface area contributed by atoms with Crippen LogP contribution in [0.15, 0.2) is 40.9 Å². The lowest BCUT2D eigenvalue weighted by Crippen LogP contribution is -2.28. The lowest BCUT2D eigenvalue weighted by molar-refractivity contribution is -0.156. The van der Waals surface area contributed by atoms with E-state index in [-0.39, 0.29) is 44.2 Å². The van der Waals surface area contributed by atoms with E-state index in [1.165, 1.54) is 0 Å². The number of methoxy groups -OCH3 is 2. The quantitative estimate of drug-likeness (QED) is 0.0595. The Balaban J connectivity index is 3.18. The fourth-order valence-corrected chi connectivity index (χ4v) is 4.17. The second-order valence-electron chi connectivity index (χ2n) is 10.1. The molecular weight excluding hydrogens is 672 g/mol. The fourth-order valence-electron chi connectivity index (χ4n) is 3.62. The molecule has 1 rings (SSSR count). The van der Waals surface area contributed by atoms with E-state index >= 15 is 0 Å². The molecule has 0 bridgehead atoms. The molecule has 0 atom stereocenters. The first kappa shape index (κ1) is 39.8. The van der Waals surface area contributed by atoms with Crippen LogP contribution in [0.3, 0.4) is 0 Å². The Labute approximate surface area is 276 Å². The number of carbonyl (C=O) groups excluding carboxylic acids is 6. The summed E-state index contributed by atoms with van der Waals surface area (Å²) >= 11 is 3.52. The van der Waals surface area contributed by atoms with Crippen molar-refractivity contribution in [1.29, 1.82) is 0 Å². The molecule has 14 heteroatoms. The molecule has 46 heavy (non-hydrogen) atoms. The topological polar surface area (TPSA) is 167 Å². The van der Waals surface area contributed by atoms with E-state index < -0.39 is 54.6 Å². The highest BCUT2D eigenvalue weighted by atomic mass is 79.9. The van der Waals surface area contributed by atoms with Gasteiger partial charge in [0.1, 0.15) is 31.8 Å². The molecule has 0 aliphatic heterocycles. The van der Waals surface area contributed by atoms with Crippen LogP contribution in [0.5, 0.6) is 5.75 Å². The van der Waals surface area contributed by atoms with E-state index in [9.17, 15) is 28.8 Å². The molecule has 0 amide bonds. The zero-order valence-electron chi connectivity index (χ0n) is 26.6. The summed E-state index contributed by atoms with van der Waals surface area (Å²) in [6.07, 6.45) is 0.590. The van der Waals surface area contributed by atoms with E-state index in [4.69, 9.17) is 23.7 Å². The van der Waals surface area contributed by atoms with Crippen molar-refractivity contribution in [2.45, 2.75) is 52.4 Å². The second-order valence-corrected chi connectivity index (χ2v) is 11.1. The van der Waals surface area contributed by atoms with E-state index in [1.54, 1.807) is 13.8 Å². The fraction of sp³-hybridized carbons (Fsp3) is 0.500. The minimum absolute atomic E-state index is 0.103. The lowest BCUT2D eigenvalue weighted by Gasteiger charge is -2.21. The van der Waals surface area contributed by atoms with Gasteiger partial charge < -0.3 is 33.2 Å². The summed E-state index contributed by atoms with van der Waals surface area (Å²) in [7, 11) is 2.27. The van der Waals surface area contributed by atoms with Crippen molar-refractivity contribution in [3.8, 4) is 5.75 Å². The monoisotopic (exact) mass is 712 g/mol. The molecule has 0 N–H and O–H groups in total. The summed E-state index contributed by atoms with van der Waals surface area (Å²) in [6.45, 7) is 9.86. The van der Waals surface area contributed by atoms with Gasteiger partial charge in [-0.2, -0.15) is 0 Å². The van der Waals surface area contributed by atoms with Gasteiger partial charge in [0.2, 0.25) is 0 Å². The third kappa shape index (κ3) is 16.2. The van der Waals surface area contributed by atoms with Crippen LogP contribution >= 0.6 is 15.9 Å². The van der Waals surface area contributed by atoms with E-state index in [1.807, 2.05) is 12.1 Å². The first-order valence-corrected chi connectivity index (χ1v) is 15.1. The third-order valence-electron chi connectivity index (χ3n) is 6.01. The van der Waals surface area contributed by atoms with Crippen LogP contribution in [0.1, 0.15) is 50.7 Å². The number of benzene rings is 1. The number of esters is 6. The number of hydrogen-bond acceptors (Lipinski definition) is 13. The van der Waals surface area contributed by atoms with Gasteiger partial charge in [-0.1, -0.05) is 29.1 Å². The zero-order valence-corrected chi connectivity index (χ0v) is 28.2. The number of aryl methyl sites for hydroxylation is 2. The summed E-state index contributed by atoms with van der Waals surface area (Å²) in [5.74, 6) is -4.48. The maximum atomic E-state index is 12.1. The molecule has 0 spiro atoms. The van der Waals surface area contributed by atoms with Gasteiger partial charge in [0, 0.05) is 15.6 Å². The normalized spacial score (nSPS) is 10.4. The molecule has 0 fully saturated rings. The summed E-state index contributed by atoms with van der Waals surface area (Å²) in [5, 5.41) is 0. The molecule has 0 saturated carbocycles. The average molecular weight is 714 g/mol. The van der Waals surface area contributed by atoms with Crippen LogP contribution in [0.2, 0.25) is 0 Å². The molecule has 0 aliphatic rings. The molecule has 1 aromatic carbocycles. The highest BCUT2D eigenvalue weighted by Gasteiger charge is 2.21. The Morgan fingerprint density at radius 3 is 1.46 bits per heavy atom. The molecule has 0 aliphatic carbocycles. The van der Waals surface area contributed by atoms with Crippen molar-refractivity contribution in [1.82, 2.24) is 0 Å². The Bertz CT molecular complexity index is 1180. The van der Waals surface area contributed by atoms with Crippen molar-refractivity contribution in [3.05, 3.63) is 52.0 Å². The van der Waals surface area contributed by atoms with Gasteiger partial charge in [0.05, 0.1) is 40.0 Å². The van der Waals surface area contributed by atoms with Crippen molar-refractivity contribution in [2.24, 2.45) is 5.92 Å². The SMILES string of the molecule is C=C(C)C(=O)OCCCc1cc(Br)cc(CCCOC(=O)C(=C)C)c1OCC(COC(=O)CC(=O)OC)COC(=O)CC(=O)OC. The van der Waals surface area contributed by atoms with Crippen LogP contribution in [0.25, 0.3) is 0 Å². The summed E-state index contributed by atoms with van der Waals surface area (Å²) < 4.78 is 36.8. The Morgan fingerprint density at radius 1 is 0.674 bits per heavy atom. The highest BCUT2D eigenvalue weighted by molar-refractivity contribution is 9.10. The zero-order chi connectivity index (χ0) is 34.6. The number of ether oxygens (including phenoxy) is 7. The minimum atomic E-state index is -0.851. The van der Waals surface area contributed by atoms with Gasteiger partial charge in [-0.05, 0) is 62.8 Å². The Hall–Kier alpha value is -4.20. The number of hydrogen-bond donors (Lipinski definition) is 0. The van der Waals surface area contributed by atoms with E-state index in [0.29, 0.717) is 31.4 Å². The Morgan fingerprint density at radius 2 is 1.09 bits per heavy atom.